The molecule has 0 atom stereocenters. The van der Waals surface area contributed by atoms with E-state index in [9.17, 15) is 4.79 Å². The molecule has 2 N–H and O–H groups in total. The molecule has 0 saturated carbocycles. The zero-order valence-electron chi connectivity index (χ0n) is 11.0. The molecule has 1 aliphatic heterocycles. The van der Waals surface area contributed by atoms with Gasteiger partial charge < -0.3 is 10.6 Å². The van der Waals surface area contributed by atoms with Gasteiger partial charge in [-0.1, -0.05) is 32.5 Å². The molecular formula is C12H23N3OS. The fourth-order valence-corrected chi connectivity index (χ4v) is 2.36. The Morgan fingerprint density at radius 2 is 2.24 bits per heavy atom. The monoisotopic (exact) mass is 257 g/mol. The lowest BCUT2D eigenvalue weighted by atomic mass is 9.97. The van der Waals surface area contributed by atoms with E-state index in [2.05, 4.69) is 29.5 Å². The van der Waals surface area contributed by atoms with Crippen molar-refractivity contribution in [3.05, 3.63) is 0 Å². The van der Waals surface area contributed by atoms with E-state index >= 15 is 0 Å². The summed E-state index contributed by atoms with van der Waals surface area (Å²) in [6, 6.07) is 0. The Hall–Kier alpha value is -0.710. The van der Waals surface area contributed by atoms with Gasteiger partial charge in [0.05, 0.1) is 0 Å². The summed E-state index contributed by atoms with van der Waals surface area (Å²) in [4.78, 5) is 15.8. The van der Waals surface area contributed by atoms with E-state index in [1.165, 1.54) is 0 Å². The fourth-order valence-electron chi connectivity index (χ4n) is 1.38. The Kier molecular flexibility index (Phi) is 5.82. The first-order valence-electron chi connectivity index (χ1n) is 6.21. The first-order valence-corrected chi connectivity index (χ1v) is 7.20. The van der Waals surface area contributed by atoms with E-state index in [-0.39, 0.29) is 5.91 Å². The second kappa shape index (κ2) is 6.89. The summed E-state index contributed by atoms with van der Waals surface area (Å²) in [6.07, 6.45) is 1.50. The summed E-state index contributed by atoms with van der Waals surface area (Å²) in [5, 5.41) is 7.06. The molecule has 17 heavy (non-hydrogen) atoms. The molecule has 0 spiro atoms. The Bertz CT molecular complexity index is 289. The Morgan fingerprint density at radius 1 is 1.47 bits per heavy atom. The van der Waals surface area contributed by atoms with Crippen LogP contribution in [-0.2, 0) is 4.79 Å². The van der Waals surface area contributed by atoms with Gasteiger partial charge in [-0.05, 0) is 11.8 Å². The van der Waals surface area contributed by atoms with Gasteiger partial charge in [-0.15, -0.1) is 0 Å². The van der Waals surface area contributed by atoms with Crippen LogP contribution in [0.25, 0.3) is 0 Å². The van der Waals surface area contributed by atoms with E-state index in [4.69, 9.17) is 0 Å². The second-order valence-electron chi connectivity index (χ2n) is 5.10. The molecule has 1 amide bonds. The van der Waals surface area contributed by atoms with Crippen molar-refractivity contribution >= 4 is 22.8 Å². The average molecular weight is 257 g/mol. The van der Waals surface area contributed by atoms with Crippen LogP contribution in [0.2, 0.25) is 0 Å². The van der Waals surface area contributed by atoms with Crippen LogP contribution < -0.4 is 10.6 Å². The summed E-state index contributed by atoms with van der Waals surface area (Å²) in [6.45, 7) is 8.79. The third-order valence-electron chi connectivity index (χ3n) is 2.45. The highest BCUT2D eigenvalue weighted by atomic mass is 32.2. The standard InChI is InChI=1S/C12H23N3OS/c1-4-6-13-10(16)5-7-14-11-15-8-12(2,3)9-17-11/h4-9H2,1-3H3,(H,13,16)(H,14,15). The number of hydrogen-bond acceptors (Lipinski definition) is 4. The van der Waals surface area contributed by atoms with Gasteiger partial charge in [0.15, 0.2) is 5.17 Å². The van der Waals surface area contributed by atoms with E-state index in [0.717, 1.165) is 30.4 Å². The van der Waals surface area contributed by atoms with Crippen molar-refractivity contribution in [1.82, 2.24) is 10.6 Å². The van der Waals surface area contributed by atoms with E-state index in [0.29, 0.717) is 18.4 Å². The van der Waals surface area contributed by atoms with Gasteiger partial charge >= 0.3 is 0 Å². The van der Waals surface area contributed by atoms with Crippen LogP contribution in [0, 0.1) is 5.41 Å². The van der Waals surface area contributed by atoms with Gasteiger partial charge in [0.2, 0.25) is 5.91 Å². The first-order chi connectivity index (χ1) is 8.03. The van der Waals surface area contributed by atoms with Gasteiger partial charge in [-0.25, -0.2) is 0 Å². The second-order valence-corrected chi connectivity index (χ2v) is 6.07. The van der Waals surface area contributed by atoms with Crippen molar-refractivity contribution in [3.63, 3.8) is 0 Å². The quantitative estimate of drug-likeness (QED) is 0.787. The van der Waals surface area contributed by atoms with Crippen molar-refractivity contribution in [1.29, 1.82) is 0 Å². The maximum atomic E-state index is 11.3. The highest BCUT2D eigenvalue weighted by Gasteiger charge is 2.23. The molecule has 4 nitrogen and oxygen atoms in total. The van der Waals surface area contributed by atoms with Crippen LogP contribution in [0.3, 0.4) is 0 Å². The number of aliphatic imine (C=N–C) groups is 1. The summed E-state index contributed by atoms with van der Waals surface area (Å²) in [5.74, 6) is 1.20. The maximum Gasteiger partial charge on any atom is 0.221 e. The molecule has 98 valence electrons. The van der Waals surface area contributed by atoms with Crippen molar-refractivity contribution in [2.24, 2.45) is 10.4 Å². The van der Waals surface area contributed by atoms with Crippen molar-refractivity contribution in [3.8, 4) is 0 Å². The fraction of sp³-hybridized carbons (Fsp3) is 0.833. The molecule has 0 saturated heterocycles. The summed E-state index contributed by atoms with van der Waals surface area (Å²) >= 11 is 1.75. The number of hydrogen-bond donors (Lipinski definition) is 2. The predicted molar refractivity (Wildman–Crippen MR) is 74.5 cm³/mol. The van der Waals surface area contributed by atoms with E-state index in [1.807, 2.05) is 6.92 Å². The minimum Gasteiger partial charge on any atom is -0.364 e. The Balaban J connectivity index is 2.15. The lowest BCUT2D eigenvalue weighted by molar-refractivity contribution is -0.120. The predicted octanol–water partition coefficient (Wildman–Crippen LogP) is 1.62. The molecular weight excluding hydrogens is 234 g/mol. The van der Waals surface area contributed by atoms with Crippen LogP contribution in [0.5, 0.6) is 0 Å². The molecule has 0 bridgehead atoms. The minimum atomic E-state index is 0.112. The molecule has 0 fully saturated rings. The largest absolute Gasteiger partial charge is 0.364 e. The molecule has 1 rings (SSSR count). The number of nitrogens with one attached hydrogen (secondary N) is 2. The summed E-state index contributed by atoms with van der Waals surface area (Å²) in [5.41, 5.74) is 0.300. The van der Waals surface area contributed by atoms with Crippen LogP contribution >= 0.6 is 11.8 Å². The molecule has 1 heterocycles. The number of amidine groups is 1. The van der Waals surface area contributed by atoms with E-state index < -0.39 is 0 Å². The van der Waals surface area contributed by atoms with Gasteiger partial charge in [0, 0.05) is 31.8 Å². The lowest BCUT2D eigenvalue weighted by Gasteiger charge is -2.27. The summed E-state index contributed by atoms with van der Waals surface area (Å²) < 4.78 is 0. The number of amides is 1. The number of carbonyl (C=O) groups excluding carboxylic acids is 1. The number of rotatable bonds is 5. The van der Waals surface area contributed by atoms with Crippen molar-refractivity contribution in [2.45, 2.75) is 33.6 Å². The van der Waals surface area contributed by atoms with Crippen LogP contribution in [0.4, 0.5) is 0 Å². The topological polar surface area (TPSA) is 53.5 Å². The van der Waals surface area contributed by atoms with Crippen molar-refractivity contribution < 1.29 is 4.79 Å². The lowest BCUT2D eigenvalue weighted by Crippen LogP contribution is -2.34. The highest BCUT2D eigenvalue weighted by molar-refractivity contribution is 8.13. The third kappa shape index (κ3) is 5.96. The first kappa shape index (κ1) is 14.4. The van der Waals surface area contributed by atoms with Gasteiger partial charge in [0.1, 0.15) is 0 Å². The van der Waals surface area contributed by atoms with Gasteiger partial charge in [-0.3, -0.25) is 9.79 Å². The molecule has 5 heteroatoms. The Labute approximate surface area is 108 Å². The van der Waals surface area contributed by atoms with E-state index in [1.54, 1.807) is 11.8 Å². The highest BCUT2D eigenvalue weighted by Crippen LogP contribution is 2.26. The molecule has 0 aromatic rings. The number of carbonyl (C=O) groups is 1. The third-order valence-corrected chi connectivity index (χ3v) is 3.92. The molecule has 0 aromatic carbocycles. The number of thioether (sulfide) groups is 1. The van der Waals surface area contributed by atoms with Gasteiger partial charge in [-0.2, -0.15) is 0 Å². The van der Waals surface area contributed by atoms with Crippen LogP contribution in [0.15, 0.2) is 4.99 Å². The van der Waals surface area contributed by atoms with Crippen LogP contribution in [-0.4, -0.2) is 36.5 Å². The molecule has 0 aromatic heterocycles. The Morgan fingerprint density at radius 3 is 2.82 bits per heavy atom. The maximum absolute atomic E-state index is 11.3. The van der Waals surface area contributed by atoms with Crippen LogP contribution in [0.1, 0.15) is 33.6 Å². The molecule has 0 aliphatic carbocycles. The molecule has 1 aliphatic rings. The zero-order valence-corrected chi connectivity index (χ0v) is 11.8. The van der Waals surface area contributed by atoms with Gasteiger partial charge in [0.25, 0.3) is 0 Å². The average Bonchev–Trinajstić information content (AvgIpc) is 2.29. The van der Waals surface area contributed by atoms with Crippen molar-refractivity contribution in [2.75, 3.05) is 25.4 Å². The minimum absolute atomic E-state index is 0.112. The smallest absolute Gasteiger partial charge is 0.221 e. The number of nitrogens with zero attached hydrogens (tertiary/aromatic N) is 1. The summed E-state index contributed by atoms with van der Waals surface area (Å²) in [7, 11) is 0. The molecule has 0 radical (unpaired) electrons. The zero-order chi connectivity index (χ0) is 12.7. The SMILES string of the molecule is CCCNC(=O)CCNC1=NCC(C)(C)CS1. The molecule has 0 unspecified atom stereocenters. The normalized spacial score (nSPS) is 18.4.